The Hall–Kier alpha value is -0.710. The first-order valence-electron chi connectivity index (χ1n) is 4.08. The molecule has 0 amide bonds. The van der Waals surface area contributed by atoms with Gasteiger partial charge in [-0.05, 0) is 18.9 Å². The Labute approximate surface area is 74.7 Å². The van der Waals surface area contributed by atoms with Crippen LogP contribution < -0.4 is 5.32 Å². The molecule has 1 atom stereocenters. The van der Waals surface area contributed by atoms with E-state index in [-0.39, 0.29) is 10.9 Å². The van der Waals surface area contributed by atoms with E-state index < -0.39 is 0 Å². The van der Waals surface area contributed by atoms with Gasteiger partial charge in [0.2, 0.25) is 5.95 Å². The number of aryl methyl sites for hydroxylation is 1. The molecule has 1 aliphatic rings. The van der Waals surface area contributed by atoms with Gasteiger partial charge in [0.05, 0.1) is 5.37 Å². The van der Waals surface area contributed by atoms with Crippen LogP contribution in [0, 0.1) is 0 Å². The molecule has 2 rings (SSSR count). The second-order valence-corrected chi connectivity index (χ2v) is 5.81. The average Bonchev–Trinajstić information content (AvgIpc) is 2.49. The molecule has 0 radical (unpaired) electrons. The summed E-state index contributed by atoms with van der Waals surface area (Å²) in [7, 11) is 0.0836. The van der Waals surface area contributed by atoms with Crippen LogP contribution >= 0.6 is 10.9 Å². The zero-order valence-corrected chi connectivity index (χ0v) is 8.25. The summed E-state index contributed by atoms with van der Waals surface area (Å²) >= 11 is 0. The van der Waals surface area contributed by atoms with Gasteiger partial charge in [0.1, 0.15) is 6.33 Å². The molecular weight excluding hydrogens is 172 g/mol. The molecule has 5 heteroatoms. The van der Waals surface area contributed by atoms with Gasteiger partial charge in [0.15, 0.2) is 0 Å². The Bertz CT molecular complexity index is 270. The van der Waals surface area contributed by atoms with Crippen LogP contribution in [0.25, 0.3) is 0 Å². The monoisotopic (exact) mass is 186 g/mol. The molecule has 1 unspecified atom stereocenters. The number of anilines is 1. The smallest absolute Gasteiger partial charge is 0.225 e. The first kappa shape index (κ1) is 7.91. The van der Waals surface area contributed by atoms with Crippen molar-refractivity contribution in [3.8, 4) is 0 Å². The number of hydrogen-bond acceptors (Lipinski definition) is 3. The SMILES string of the molecule is C[SH](C)C1CCn2cnnc2N1. The van der Waals surface area contributed by atoms with Crippen molar-refractivity contribution >= 4 is 16.8 Å². The maximum absolute atomic E-state index is 4.00. The van der Waals surface area contributed by atoms with E-state index in [2.05, 4.69) is 32.6 Å². The number of thiol groups is 1. The summed E-state index contributed by atoms with van der Waals surface area (Å²) in [5.74, 6) is 0.933. The van der Waals surface area contributed by atoms with E-state index in [9.17, 15) is 0 Å². The van der Waals surface area contributed by atoms with Crippen molar-refractivity contribution in [1.29, 1.82) is 0 Å². The number of fused-ring (bicyclic) bond motifs is 1. The fourth-order valence-electron chi connectivity index (χ4n) is 1.40. The van der Waals surface area contributed by atoms with Gasteiger partial charge in [-0.2, -0.15) is 0 Å². The highest BCUT2D eigenvalue weighted by Crippen LogP contribution is 2.29. The third-order valence-electron chi connectivity index (χ3n) is 2.18. The molecular formula is C7H14N4S. The Balaban J connectivity index is 2.15. The molecule has 4 nitrogen and oxygen atoms in total. The molecule has 1 N–H and O–H groups in total. The van der Waals surface area contributed by atoms with Crippen molar-refractivity contribution in [3.05, 3.63) is 6.33 Å². The Morgan fingerprint density at radius 1 is 1.67 bits per heavy atom. The van der Waals surface area contributed by atoms with E-state index in [4.69, 9.17) is 0 Å². The number of nitrogens with one attached hydrogen (secondary N) is 1. The van der Waals surface area contributed by atoms with Crippen molar-refractivity contribution in [2.24, 2.45) is 0 Å². The van der Waals surface area contributed by atoms with Crippen LogP contribution in [0.4, 0.5) is 5.95 Å². The number of rotatable bonds is 1. The van der Waals surface area contributed by atoms with Crippen LogP contribution in [0.5, 0.6) is 0 Å². The number of hydrogen-bond donors (Lipinski definition) is 2. The van der Waals surface area contributed by atoms with Crippen molar-refractivity contribution in [1.82, 2.24) is 14.8 Å². The zero-order valence-electron chi connectivity index (χ0n) is 7.36. The molecule has 0 fully saturated rings. The van der Waals surface area contributed by atoms with Crippen LogP contribution in [-0.4, -0.2) is 32.6 Å². The highest BCUT2D eigenvalue weighted by molar-refractivity contribution is 8.16. The summed E-state index contributed by atoms with van der Waals surface area (Å²) in [5.41, 5.74) is 0. The summed E-state index contributed by atoms with van der Waals surface area (Å²) in [5, 5.41) is 11.9. The predicted molar refractivity (Wildman–Crippen MR) is 52.9 cm³/mol. The van der Waals surface area contributed by atoms with Gasteiger partial charge in [-0.25, -0.2) is 10.9 Å². The summed E-state index contributed by atoms with van der Waals surface area (Å²) in [4.78, 5) is 0. The fourth-order valence-corrected chi connectivity index (χ4v) is 2.41. The van der Waals surface area contributed by atoms with E-state index in [1.54, 1.807) is 6.33 Å². The molecule has 0 aromatic carbocycles. The van der Waals surface area contributed by atoms with Gasteiger partial charge in [-0.3, -0.25) is 4.57 Å². The van der Waals surface area contributed by atoms with Gasteiger partial charge >= 0.3 is 0 Å². The Morgan fingerprint density at radius 2 is 2.50 bits per heavy atom. The lowest BCUT2D eigenvalue weighted by Crippen LogP contribution is -2.27. The summed E-state index contributed by atoms with van der Waals surface area (Å²) in [6, 6.07) is 0. The van der Waals surface area contributed by atoms with Gasteiger partial charge in [0.25, 0.3) is 0 Å². The minimum atomic E-state index is 0.0836. The van der Waals surface area contributed by atoms with Crippen LogP contribution in [0.3, 0.4) is 0 Å². The molecule has 0 saturated heterocycles. The van der Waals surface area contributed by atoms with Gasteiger partial charge < -0.3 is 5.32 Å². The molecule has 0 spiro atoms. The van der Waals surface area contributed by atoms with E-state index in [0.717, 1.165) is 12.5 Å². The maximum atomic E-state index is 4.00. The molecule has 0 saturated carbocycles. The van der Waals surface area contributed by atoms with E-state index >= 15 is 0 Å². The van der Waals surface area contributed by atoms with Crippen LogP contribution in [0.1, 0.15) is 6.42 Å². The lowest BCUT2D eigenvalue weighted by atomic mass is 10.4. The van der Waals surface area contributed by atoms with E-state index in [1.165, 1.54) is 6.42 Å². The zero-order chi connectivity index (χ0) is 8.55. The first-order valence-corrected chi connectivity index (χ1v) is 6.38. The normalized spacial score (nSPS) is 22.8. The summed E-state index contributed by atoms with van der Waals surface area (Å²) in [6.07, 6.45) is 7.56. The minimum absolute atomic E-state index is 0.0836. The van der Waals surface area contributed by atoms with Crippen LogP contribution in [0.15, 0.2) is 6.33 Å². The van der Waals surface area contributed by atoms with Gasteiger partial charge in [-0.1, -0.05) is 0 Å². The number of nitrogens with zero attached hydrogens (tertiary/aromatic N) is 3. The van der Waals surface area contributed by atoms with Gasteiger partial charge in [-0.15, -0.1) is 10.2 Å². The maximum Gasteiger partial charge on any atom is 0.225 e. The molecule has 1 aromatic rings. The second kappa shape index (κ2) is 2.97. The molecule has 1 aliphatic heterocycles. The highest BCUT2D eigenvalue weighted by Gasteiger charge is 2.19. The van der Waals surface area contributed by atoms with Crippen molar-refractivity contribution in [3.63, 3.8) is 0 Å². The molecule has 2 heterocycles. The first-order chi connectivity index (χ1) is 5.77. The summed E-state index contributed by atoms with van der Waals surface area (Å²) < 4.78 is 2.06. The van der Waals surface area contributed by atoms with Crippen LogP contribution in [-0.2, 0) is 6.54 Å². The minimum Gasteiger partial charge on any atom is -0.344 e. The quantitative estimate of drug-likeness (QED) is 0.634. The average molecular weight is 186 g/mol. The molecule has 68 valence electrons. The van der Waals surface area contributed by atoms with Crippen molar-refractivity contribution in [2.45, 2.75) is 18.3 Å². The standard InChI is InChI=1S/C7H14N4S/c1-12(2)6-3-4-11-5-8-10-7(11)9-6/h5-6,12H,3-4H2,1-2H3,(H,9,10). The van der Waals surface area contributed by atoms with E-state index in [1.807, 2.05) is 0 Å². The molecule has 12 heavy (non-hydrogen) atoms. The second-order valence-electron chi connectivity index (χ2n) is 3.26. The highest BCUT2D eigenvalue weighted by atomic mass is 32.2. The van der Waals surface area contributed by atoms with Crippen LogP contribution in [0.2, 0.25) is 0 Å². The lowest BCUT2D eigenvalue weighted by Gasteiger charge is -2.29. The van der Waals surface area contributed by atoms with E-state index in [0.29, 0.717) is 5.37 Å². The summed E-state index contributed by atoms with van der Waals surface area (Å²) in [6.45, 7) is 1.06. The van der Waals surface area contributed by atoms with Crippen molar-refractivity contribution < 1.29 is 0 Å². The molecule has 0 bridgehead atoms. The topological polar surface area (TPSA) is 42.7 Å². The third-order valence-corrected chi connectivity index (χ3v) is 3.81. The fraction of sp³-hybridized carbons (Fsp3) is 0.714. The molecule has 1 aromatic heterocycles. The Kier molecular flexibility index (Phi) is 1.96. The lowest BCUT2D eigenvalue weighted by molar-refractivity contribution is 0.605. The number of aromatic nitrogens is 3. The third kappa shape index (κ3) is 1.29. The van der Waals surface area contributed by atoms with Gasteiger partial charge in [0, 0.05) is 6.54 Å². The Morgan fingerprint density at radius 3 is 3.25 bits per heavy atom. The largest absolute Gasteiger partial charge is 0.344 e. The predicted octanol–water partition coefficient (Wildman–Crippen LogP) is 0.681. The molecule has 0 aliphatic carbocycles. The van der Waals surface area contributed by atoms with Crippen molar-refractivity contribution in [2.75, 3.05) is 17.8 Å².